The maximum Gasteiger partial charge on any atom is 0.325 e. The molecule has 0 aliphatic carbocycles. The zero-order chi connectivity index (χ0) is 24.1. The standard InChI is InChI=1S/C24H26N2O6S/c1-14-9-17-20(10-15(14)2)33-24(26(17)13-22(28)31-5)25-21(27)8-7-16-11-18(29-3)23(32-6)19(12-16)30-4/h7-12H,13H2,1-6H3/b8-7+,25-24?. The van der Waals surface area contributed by atoms with E-state index in [1.165, 1.54) is 45.9 Å². The number of carbonyl (C=O) groups excluding carboxylic acids is 2. The van der Waals surface area contributed by atoms with Gasteiger partial charge in [0.1, 0.15) is 6.54 Å². The molecule has 1 heterocycles. The highest BCUT2D eigenvalue weighted by Gasteiger charge is 2.14. The summed E-state index contributed by atoms with van der Waals surface area (Å²) >= 11 is 1.34. The van der Waals surface area contributed by atoms with E-state index >= 15 is 0 Å². The molecular formula is C24H26N2O6S. The normalized spacial score (nSPS) is 11.8. The Morgan fingerprint density at radius 2 is 1.61 bits per heavy atom. The number of aryl methyl sites for hydroxylation is 2. The number of ether oxygens (including phenoxy) is 4. The SMILES string of the molecule is COC(=O)Cn1c(=NC(=O)/C=C/c2cc(OC)c(OC)c(OC)c2)sc2cc(C)c(C)cc21. The van der Waals surface area contributed by atoms with E-state index in [1.807, 2.05) is 26.0 Å². The van der Waals surface area contributed by atoms with Crippen LogP contribution in [0.2, 0.25) is 0 Å². The number of hydrogen-bond donors (Lipinski definition) is 0. The lowest BCUT2D eigenvalue weighted by Crippen LogP contribution is -2.22. The number of amides is 1. The summed E-state index contributed by atoms with van der Waals surface area (Å²) in [5.41, 5.74) is 3.71. The second kappa shape index (κ2) is 10.4. The van der Waals surface area contributed by atoms with Gasteiger partial charge in [0.15, 0.2) is 16.3 Å². The summed E-state index contributed by atoms with van der Waals surface area (Å²) in [4.78, 5) is 29.3. The average Bonchev–Trinajstić information content (AvgIpc) is 3.12. The molecule has 0 radical (unpaired) electrons. The van der Waals surface area contributed by atoms with E-state index in [0.29, 0.717) is 27.6 Å². The molecule has 0 saturated heterocycles. The lowest BCUT2D eigenvalue weighted by atomic mass is 10.1. The molecule has 9 heteroatoms. The van der Waals surface area contributed by atoms with Crippen LogP contribution in [-0.4, -0.2) is 44.9 Å². The van der Waals surface area contributed by atoms with Crippen LogP contribution in [0.1, 0.15) is 16.7 Å². The van der Waals surface area contributed by atoms with Gasteiger partial charge in [0, 0.05) is 6.08 Å². The molecule has 1 amide bonds. The fraction of sp³-hybridized carbons (Fsp3) is 0.292. The number of fused-ring (bicyclic) bond motifs is 1. The first kappa shape index (κ1) is 24.1. The monoisotopic (exact) mass is 470 g/mol. The smallest absolute Gasteiger partial charge is 0.325 e. The van der Waals surface area contributed by atoms with Crippen molar-refractivity contribution >= 4 is 39.5 Å². The minimum Gasteiger partial charge on any atom is -0.493 e. The van der Waals surface area contributed by atoms with Gasteiger partial charge in [-0.25, -0.2) is 0 Å². The molecule has 174 valence electrons. The molecule has 0 aliphatic heterocycles. The maximum absolute atomic E-state index is 12.7. The molecule has 33 heavy (non-hydrogen) atoms. The van der Waals surface area contributed by atoms with Crippen LogP contribution in [0.3, 0.4) is 0 Å². The lowest BCUT2D eigenvalue weighted by molar-refractivity contribution is -0.141. The molecule has 8 nitrogen and oxygen atoms in total. The molecule has 3 rings (SSSR count). The average molecular weight is 471 g/mol. The van der Waals surface area contributed by atoms with E-state index in [0.717, 1.165) is 21.3 Å². The third-order valence-electron chi connectivity index (χ3n) is 5.12. The second-order valence-corrected chi connectivity index (χ2v) is 8.20. The summed E-state index contributed by atoms with van der Waals surface area (Å²) in [6.07, 6.45) is 2.96. The summed E-state index contributed by atoms with van der Waals surface area (Å²) in [5.74, 6) is 0.532. The Morgan fingerprint density at radius 3 is 2.18 bits per heavy atom. The molecule has 0 aliphatic rings. The molecule has 0 spiro atoms. The van der Waals surface area contributed by atoms with E-state index in [2.05, 4.69) is 4.99 Å². The fourth-order valence-electron chi connectivity index (χ4n) is 3.25. The van der Waals surface area contributed by atoms with Gasteiger partial charge in [-0.05, 0) is 60.9 Å². The van der Waals surface area contributed by atoms with Gasteiger partial charge in [0.2, 0.25) is 5.75 Å². The van der Waals surface area contributed by atoms with Crippen molar-refractivity contribution in [2.24, 2.45) is 4.99 Å². The number of thiazole rings is 1. The molecule has 0 N–H and O–H groups in total. The number of rotatable bonds is 7. The lowest BCUT2D eigenvalue weighted by Gasteiger charge is -2.12. The van der Waals surface area contributed by atoms with Gasteiger partial charge in [-0.15, -0.1) is 0 Å². The van der Waals surface area contributed by atoms with Crippen LogP contribution in [0.5, 0.6) is 17.2 Å². The zero-order valence-electron chi connectivity index (χ0n) is 19.4. The fourth-order valence-corrected chi connectivity index (χ4v) is 4.36. The molecule has 2 aromatic carbocycles. The second-order valence-electron chi connectivity index (χ2n) is 7.19. The van der Waals surface area contributed by atoms with Crippen molar-refractivity contribution in [2.45, 2.75) is 20.4 Å². The van der Waals surface area contributed by atoms with Crippen LogP contribution in [0.4, 0.5) is 0 Å². The first-order valence-corrected chi connectivity index (χ1v) is 10.9. The number of benzene rings is 2. The third-order valence-corrected chi connectivity index (χ3v) is 6.17. The van der Waals surface area contributed by atoms with Crippen LogP contribution in [-0.2, 0) is 20.9 Å². The molecule has 0 bridgehead atoms. The summed E-state index contributed by atoms with van der Waals surface area (Å²) in [6.45, 7) is 3.97. The van der Waals surface area contributed by atoms with Gasteiger partial charge in [-0.1, -0.05) is 11.3 Å². The van der Waals surface area contributed by atoms with Gasteiger partial charge in [-0.2, -0.15) is 4.99 Å². The summed E-state index contributed by atoms with van der Waals surface area (Å²) in [5, 5.41) is 0. The Hall–Kier alpha value is -3.59. The minimum absolute atomic E-state index is 0.0400. The van der Waals surface area contributed by atoms with Crippen LogP contribution >= 0.6 is 11.3 Å². The summed E-state index contributed by atoms with van der Waals surface area (Å²) < 4.78 is 23.5. The topological polar surface area (TPSA) is 88.4 Å². The number of nitrogens with zero attached hydrogens (tertiary/aromatic N) is 2. The molecule has 0 fully saturated rings. The Balaban J connectivity index is 2.02. The Kier molecular flexibility index (Phi) is 7.55. The largest absolute Gasteiger partial charge is 0.493 e. The first-order valence-electron chi connectivity index (χ1n) is 10.1. The van der Waals surface area contributed by atoms with Crippen LogP contribution < -0.4 is 19.0 Å². The van der Waals surface area contributed by atoms with Crippen molar-refractivity contribution < 1.29 is 28.5 Å². The summed E-state index contributed by atoms with van der Waals surface area (Å²) in [6, 6.07) is 7.47. The van der Waals surface area contributed by atoms with Crippen molar-refractivity contribution in [2.75, 3.05) is 28.4 Å². The number of carbonyl (C=O) groups is 2. The highest BCUT2D eigenvalue weighted by Crippen LogP contribution is 2.38. The molecule has 1 aromatic heterocycles. The molecule has 0 unspecified atom stereocenters. The Morgan fingerprint density at radius 1 is 0.970 bits per heavy atom. The van der Waals surface area contributed by atoms with Gasteiger partial charge < -0.3 is 23.5 Å². The van der Waals surface area contributed by atoms with Crippen LogP contribution in [0, 0.1) is 13.8 Å². The van der Waals surface area contributed by atoms with E-state index in [-0.39, 0.29) is 6.54 Å². The van der Waals surface area contributed by atoms with E-state index in [4.69, 9.17) is 18.9 Å². The third kappa shape index (κ3) is 5.25. The predicted octanol–water partition coefficient (Wildman–Crippen LogP) is 3.66. The van der Waals surface area contributed by atoms with Crippen molar-refractivity contribution in [1.29, 1.82) is 0 Å². The predicted molar refractivity (Wildman–Crippen MR) is 127 cm³/mol. The van der Waals surface area contributed by atoms with Crippen molar-refractivity contribution in [3.63, 3.8) is 0 Å². The Labute approximate surface area is 195 Å². The number of methoxy groups -OCH3 is 4. The van der Waals surface area contributed by atoms with Gasteiger partial charge >= 0.3 is 5.97 Å². The van der Waals surface area contributed by atoms with Gasteiger partial charge in [-0.3, -0.25) is 9.59 Å². The highest BCUT2D eigenvalue weighted by molar-refractivity contribution is 7.16. The van der Waals surface area contributed by atoms with E-state index in [9.17, 15) is 9.59 Å². The highest BCUT2D eigenvalue weighted by atomic mass is 32.1. The molecule has 0 atom stereocenters. The van der Waals surface area contributed by atoms with Crippen LogP contribution in [0.25, 0.3) is 16.3 Å². The Bertz CT molecular complexity index is 1280. The van der Waals surface area contributed by atoms with Crippen molar-refractivity contribution in [3.05, 3.63) is 51.8 Å². The quantitative estimate of drug-likeness (QED) is 0.387. The van der Waals surface area contributed by atoms with E-state index in [1.54, 1.807) is 22.8 Å². The van der Waals surface area contributed by atoms with Crippen LogP contribution in [0.15, 0.2) is 35.3 Å². The van der Waals surface area contributed by atoms with E-state index < -0.39 is 11.9 Å². The first-order chi connectivity index (χ1) is 15.8. The van der Waals surface area contributed by atoms with Crippen molar-refractivity contribution in [1.82, 2.24) is 4.57 Å². The van der Waals surface area contributed by atoms with Gasteiger partial charge in [0.25, 0.3) is 5.91 Å². The molecular weight excluding hydrogens is 444 g/mol. The number of hydrogen-bond acceptors (Lipinski definition) is 7. The number of aromatic nitrogens is 1. The zero-order valence-corrected chi connectivity index (χ0v) is 20.2. The van der Waals surface area contributed by atoms with Gasteiger partial charge in [0.05, 0.1) is 38.7 Å². The van der Waals surface area contributed by atoms with Crippen molar-refractivity contribution in [3.8, 4) is 17.2 Å². The minimum atomic E-state index is -0.470. The maximum atomic E-state index is 12.7. The summed E-state index contributed by atoms with van der Waals surface area (Å²) in [7, 11) is 5.90. The molecule has 3 aromatic rings. The molecule has 0 saturated carbocycles. The number of esters is 1.